The van der Waals surface area contributed by atoms with E-state index in [4.69, 9.17) is 23.2 Å². The third-order valence-electron chi connectivity index (χ3n) is 4.18. The average Bonchev–Trinajstić information content (AvgIpc) is 3.09. The van der Waals surface area contributed by atoms with Gasteiger partial charge in [-0.2, -0.15) is 10.2 Å². The van der Waals surface area contributed by atoms with Gasteiger partial charge in [0.25, 0.3) is 0 Å². The second kappa shape index (κ2) is 7.51. The average molecular weight is 392 g/mol. The Bertz CT molecular complexity index is 961. The van der Waals surface area contributed by atoms with Crippen LogP contribution in [-0.2, 0) is 17.9 Å². The van der Waals surface area contributed by atoms with Gasteiger partial charge in [-0.1, -0.05) is 29.3 Å². The van der Waals surface area contributed by atoms with Crippen molar-refractivity contribution in [1.82, 2.24) is 19.6 Å². The second-order valence-electron chi connectivity index (χ2n) is 6.13. The van der Waals surface area contributed by atoms with Gasteiger partial charge in [-0.25, -0.2) is 0 Å². The highest BCUT2D eigenvalue weighted by Gasteiger charge is 2.15. The summed E-state index contributed by atoms with van der Waals surface area (Å²) in [4.78, 5) is 12.3. The number of anilines is 1. The number of carbonyl (C=O) groups excluding carboxylic acids is 1. The fourth-order valence-corrected chi connectivity index (χ4v) is 3.04. The Balaban J connectivity index is 1.76. The van der Waals surface area contributed by atoms with Gasteiger partial charge in [0.05, 0.1) is 33.7 Å². The van der Waals surface area contributed by atoms with E-state index in [1.165, 1.54) is 0 Å². The first kappa shape index (κ1) is 18.5. The molecule has 0 fully saturated rings. The van der Waals surface area contributed by atoms with E-state index in [9.17, 15) is 4.79 Å². The summed E-state index contributed by atoms with van der Waals surface area (Å²) in [6, 6.07) is 7.35. The minimum absolute atomic E-state index is 0.142. The monoisotopic (exact) mass is 391 g/mol. The molecule has 136 valence electrons. The van der Waals surface area contributed by atoms with Gasteiger partial charge in [0.2, 0.25) is 5.91 Å². The Morgan fingerprint density at radius 2 is 1.88 bits per heavy atom. The molecule has 1 N–H and O–H groups in total. The first-order valence-electron chi connectivity index (χ1n) is 8.11. The smallest absolute Gasteiger partial charge is 0.246 e. The van der Waals surface area contributed by atoms with Gasteiger partial charge in [0, 0.05) is 11.9 Å². The number of aromatic nitrogens is 4. The van der Waals surface area contributed by atoms with Crippen LogP contribution >= 0.6 is 23.2 Å². The van der Waals surface area contributed by atoms with Crippen molar-refractivity contribution in [3.63, 3.8) is 0 Å². The van der Waals surface area contributed by atoms with Crippen molar-refractivity contribution < 1.29 is 4.79 Å². The zero-order valence-corrected chi connectivity index (χ0v) is 16.3. The molecule has 0 atom stereocenters. The highest BCUT2D eigenvalue weighted by molar-refractivity contribution is 6.42. The molecular weight excluding hydrogens is 373 g/mol. The molecule has 2 heterocycles. The minimum Gasteiger partial charge on any atom is -0.321 e. The van der Waals surface area contributed by atoms with Crippen LogP contribution in [0.25, 0.3) is 0 Å². The van der Waals surface area contributed by atoms with Gasteiger partial charge < -0.3 is 5.32 Å². The Labute approximate surface area is 161 Å². The van der Waals surface area contributed by atoms with Crippen LogP contribution in [0.15, 0.2) is 30.5 Å². The SMILES string of the molecule is Cc1nn(Cc2ccc(Cl)c(Cl)c2)c(C)c1NC(=O)Cn1nccc1C. The van der Waals surface area contributed by atoms with Crippen molar-refractivity contribution in [3.8, 4) is 0 Å². The molecule has 2 aromatic heterocycles. The number of amides is 1. The summed E-state index contributed by atoms with van der Waals surface area (Å²) >= 11 is 12.0. The van der Waals surface area contributed by atoms with E-state index in [1.54, 1.807) is 16.9 Å². The number of hydrogen-bond acceptors (Lipinski definition) is 3. The van der Waals surface area contributed by atoms with Crippen LogP contribution in [-0.4, -0.2) is 25.5 Å². The number of rotatable bonds is 5. The van der Waals surface area contributed by atoms with Crippen LogP contribution in [0.4, 0.5) is 5.69 Å². The van der Waals surface area contributed by atoms with Gasteiger partial charge in [0.1, 0.15) is 6.54 Å². The number of nitrogens with zero attached hydrogens (tertiary/aromatic N) is 4. The molecule has 1 amide bonds. The fourth-order valence-electron chi connectivity index (χ4n) is 2.72. The highest BCUT2D eigenvalue weighted by atomic mass is 35.5. The van der Waals surface area contributed by atoms with Crippen molar-refractivity contribution >= 4 is 34.8 Å². The van der Waals surface area contributed by atoms with Gasteiger partial charge in [-0.15, -0.1) is 0 Å². The molecular formula is C18H19Cl2N5O. The first-order valence-corrected chi connectivity index (χ1v) is 8.87. The maximum absolute atomic E-state index is 12.3. The van der Waals surface area contributed by atoms with Gasteiger partial charge in [-0.05, 0) is 44.5 Å². The maximum Gasteiger partial charge on any atom is 0.246 e. The molecule has 0 aliphatic rings. The second-order valence-corrected chi connectivity index (χ2v) is 6.94. The number of benzene rings is 1. The van der Waals surface area contributed by atoms with E-state index in [0.717, 1.165) is 28.3 Å². The van der Waals surface area contributed by atoms with Gasteiger partial charge in [0.15, 0.2) is 0 Å². The summed E-state index contributed by atoms with van der Waals surface area (Å²) < 4.78 is 3.49. The van der Waals surface area contributed by atoms with E-state index >= 15 is 0 Å². The molecule has 0 aliphatic heterocycles. The van der Waals surface area contributed by atoms with E-state index in [0.29, 0.717) is 16.6 Å². The predicted molar refractivity (Wildman–Crippen MR) is 103 cm³/mol. The van der Waals surface area contributed by atoms with Crippen molar-refractivity contribution in [2.75, 3.05) is 5.32 Å². The zero-order valence-electron chi connectivity index (χ0n) is 14.8. The molecule has 3 rings (SSSR count). The van der Waals surface area contributed by atoms with Crippen LogP contribution in [0.1, 0.15) is 22.6 Å². The van der Waals surface area contributed by atoms with E-state index in [2.05, 4.69) is 15.5 Å². The zero-order chi connectivity index (χ0) is 18.8. The number of halogens is 2. The standard InChI is InChI=1S/C18H19Cl2N5O/c1-11-6-7-21-24(11)10-17(26)22-18-12(2)23-25(13(18)3)9-14-4-5-15(19)16(20)8-14/h4-8H,9-10H2,1-3H3,(H,22,26). The minimum atomic E-state index is -0.142. The largest absolute Gasteiger partial charge is 0.321 e. The summed E-state index contributed by atoms with van der Waals surface area (Å²) in [6.45, 7) is 6.40. The topological polar surface area (TPSA) is 64.7 Å². The lowest BCUT2D eigenvalue weighted by molar-refractivity contribution is -0.116. The number of carbonyl (C=O) groups is 1. The molecule has 0 bridgehead atoms. The number of aryl methyl sites for hydroxylation is 2. The maximum atomic E-state index is 12.3. The summed E-state index contributed by atoms with van der Waals surface area (Å²) in [6.07, 6.45) is 1.67. The molecule has 0 radical (unpaired) electrons. The molecule has 1 aromatic carbocycles. The lowest BCUT2D eigenvalue weighted by atomic mass is 10.2. The Morgan fingerprint density at radius 3 is 2.54 bits per heavy atom. The van der Waals surface area contributed by atoms with Crippen LogP contribution in [0.5, 0.6) is 0 Å². The molecule has 0 spiro atoms. The molecule has 6 nitrogen and oxygen atoms in total. The van der Waals surface area contributed by atoms with Crippen molar-refractivity contribution in [3.05, 3.63) is 63.2 Å². The van der Waals surface area contributed by atoms with Crippen molar-refractivity contribution in [2.24, 2.45) is 0 Å². The van der Waals surface area contributed by atoms with Crippen molar-refractivity contribution in [1.29, 1.82) is 0 Å². The van der Waals surface area contributed by atoms with Crippen LogP contribution in [0.2, 0.25) is 10.0 Å². The Hall–Kier alpha value is -2.31. The molecule has 0 aliphatic carbocycles. The van der Waals surface area contributed by atoms with Crippen LogP contribution in [0.3, 0.4) is 0 Å². The van der Waals surface area contributed by atoms with Gasteiger partial charge >= 0.3 is 0 Å². The summed E-state index contributed by atoms with van der Waals surface area (Å²) in [5.41, 5.74) is 4.27. The highest BCUT2D eigenvalue weighted by Crippen LogP contribution is 2.25. The molecule has 3 aromatic rings. The quantitative estimate of drug-likeness (QED) is 0.714. The first-order chi connectivity index (χ1) is 12.3. The Morgan fingerprint density at radius 1 is 1.12 bits per heavy atom. The van der Waals surface area contributed by atoms with E-state index in [-0.39, 0.29) is 12.5 Å². The summed E-state index contributed by atoms with van der Waals surface area (Å²) in [5.74, 6) is -0.142. The third-order valence-corrected chi connectivity index (χ3v) is 4.92. The van der Waals surface area contributed by atoms with Crippen LogP contribution in [0, 0.1) is 20.8 Å². The fraction of sp³-hybridized carbons (Fsp3) is 0.278. The van der Waals surface area contributed by atoms with E-state index < -0.39 is 0 Å². The van der Waals surface area contributed by atoms with Gasteiger partial charge in [-0.3, -0.25) is 14.2 Å². The molecule has 8 heteroatoms. The normalized spacial score (nSPS) is 11.0. The Kier molecular flexibility index (Phi) is 5.34. The van der Waals surface area contributed by atoms with E-state index in [1.807, 2.05) is 43.7 Å². The number of nitrogens with one attached hydrogen (secondary N) is 1. The predicted octanol–water partition coefficient (Wildman–Crippen LogP) is 4.00. The summed E-state index contributed by atoms with van der Waals surface area (Å²) in [7, 11) is 0. The molecule has 0 saturated carbocycles. The van der Waals surface area contributed by atoms with Crippen LogP contribution < -0.4 is 5.32 Å². The number of hydrogen-bond donors (Lipinski definition) is 1. The lowest BCUT2D eigenvalue weighted by Crippen LogP contribution is -2.21. The summed E-state index contributed by atoms with van der Waals surface area (Å²) in [5, 5.41) is 12.6. The third kappa shape index (κ3) is 3.92. The van der Waals surface area contributed by atoms with Crippen molar-refractivity contribution in [2.45, 2.75) is 33.9 Å². The molecule has 0 unspecified atom stereocenters. The molecule has 0 saturated heterocycles. The molecule has 26 heavy (non-hydrogen) atoms. The lowest BCUT2D eigenvalue weighted by Gasteiger charge is -2.09.